The van der Waals surface area contributed by atoms with E-state index in [4.69, 9.17) is 0 Å². The van der Waals surface area contributed by atoms with E-state index in [-0.39, 0.29) is 5.54 Å². The van der Waals surface area contributed by atoms with E-state index in [9.17, 15) is 0 Å². The van der Waals surface area contributed by atoms with E-state index in [1.54, 1.807) is 0 Å². The Balaban J connectivity index is 4.42. The van der Waals surface area contributed by atoms with Crippen LogP contribution in [0.5, 0.6) is 0 Å². The second-order valence-corrected chi connectivity index (χ2v) is 4.55. The van der Waals surface area contributed by atoms with Gasteiger partial charge in [0.15, 0.2) is 0 Å². The Morgan fingerprint density at radius 3 is 1.92 bits per heavy atom. The van der Waals surface area contributed by atoms with Crippen LogP contribution in [0.1, 0.15) is 41.0 Å². The summed E-state index contributed by atoms with van der Waals surface area (Å²) in [4.78, 5) is 2.38. The number of likely N-dealkylation sites (N-methyl/N-ethyl adjacent to an activating group) is 1. The molecular weight excluding hydrogens is 146 g/mol. The standard InChI is InChI=1S/C11H23N/c1-8-10(9(2)3)12(7)11(4,5)6/h10H,2,8H2,1,3-7H3. The van der Waals surface area contributed by atoms with Crippen LogP contribution >= 0.6 is 0 Å². The Hall–Kier alpha value is -0.300. The van der Waals surface area contributed by atoms with Crippen LogP contribution in [0.3, 0.4) is 0 Å². The van der Waals surface area contributed by atoms with E-state index in [2.05, 4.69) is 53.1 Å². The van der Waals surface area contributed by atoms with Crippen molar-refractivity contribution in [2.45, 2.75) is 52.6 Å². The first-order valence-corrected chi connectivity index (χ1v) is 4.69. The fourth-order valence-electron chi connectivity index (χ4n) is 1.42. The highest BCUT2D eigenvalue weighted by Gasteiger charge is 2.23. The van der Waals surface area contributed by atoms with Gasteiger partial charge in [-0.1, -0.05) is 19.1 Å². The first-order chi connectivity index (χ1) is 5.30. The molecule has 0 aromatic rings. The minimum Gasteiger partial charge on any atom is -0.295 e. The minimum absolute atomic E-state index is 0.236. The summed E-state index contributed by atoms with van der Waals surface area (Å²) in [5.41, 5.74) is 1.49. The number of hydrogen-bond donors (Lipinski definition) is 0. The highest BCUT2D eigenvalue weighted by atomic mass is 15.2. The molecule has 1 nitrogen and oxygen atoms in total. The maximum absolute atomic E-state index is 4.02. The molecule has 0 bridgehead atoms. The molecule has 0 aromatic heterocycles. The summed E-state index contributed by atoms with van der Waals surface area (Å²) in [6.45, 7) is 15.0. The van der Waals surface area contributed by atoms with Gasteiger partial charge in [0.25, 0.3) is 0 Å². The van der Waals surface area contributed by atoms with Crippen molar-refractivity contribution in [3.63, 3.8) is 0 Å². The predicted octanol–water partition coefficient (Wildman–Crippen LogP) is 3.07. The molecule has 0 saturated carbocycles. The average Bonchev–Trinajstić information content (AvgIpc) is 1.86. The largest absolute Gasteiger partial charge is 0.295 e. The van der Waals surface area contributed by atoms with Crippen LogP contribution in [0, 0.1) is 0 Å². The van der Waals surface area contributed by atoms with Gasteiger partial charge in [0.1, 0.15) is 0 Å². The molecular formula is C11H23N. The van der Waals surface area contributed by atoms with Crippen LogP contribution in [0.2, 0.25) is 0 Å². The molecule has 0 aliphatic heterocycles. The molecule has 0 saturated heterocycles. The zero-order chi connectivity index (χ0) is 9.94. The SMILES string of the molecule is C=C(C)C(CC)N(C)C(C)(C)C. The molecule has 0 fully saturated rings. The molecule has 0 N–H and O–H groups in total. The molecule has 1 atom stereocenters. The fraction of sp³-hybridized carbons (Fsp3) is 0.818. The van der Waals surface area contributed by atoms with Gasteiger partial charge in [0.05, 0.1) is 0 Å². The Bertz CT molecular complexity index is 153. The van der Waals surface area contributed by atoms with Crippen molar-refractivity contribution in [3.05, 3.63) is 12.2 Å². The van der Waals surface area contributed by atoms with Gasteiger partial charge in [0, 0.05) is 11.6 Å². The third kappa shape index (κ3) is 2.98. The van der Waals surface area contributed by atoms with E-state index in [1.807, 2.05) is 0 Å². The molecule has 0 aliphatic rings. The third-order valence-electron chi connectivity index (χ3n) is 2.48. The molecule has 0 spiro atoms. The maximum Gasteiger partial charge on any atom is 0.0301 e. The van der Waals surface area contributed by atoms with Crippen molar-refractivity contribution < 1.29 is 0 Å². The van der Waals surface area contributed by atoms with Crippen molar-refractivity contribution in [3.8, 4) is 0 Å². The van der Waals surface area contributed by atoms with Gasteiger partial charge in [0.2, 0.25) is 0 Å². The van der Waals surface area contributed by atoms with Gasteiger partial charge in [-0.05, 0) is 41.2 Å². The van der Waals surface area contributed by atoms with Crippen LogP contribution in [0.4, 0.5) is 0 Å². The predicted molar refractivity (Wildman–Crippen MR) is 56.4 cm³/mol. The van der Waals surface area contributed by atoms with Crippen LogP contribution < -0.4 is 0 Å². The molecule has 72 valence electrons. The van der Waals surface area contributed by atoms with Crippen LogP contribution in [0.25, 0.3) is 0 Å². The van der Waals surface area contributed by atoms with Crippen molar-refractivity contribution in [1.29, 1.82) is 0 Å². The first kappa shape index (κ1) is 11.7. The lowest BCUT2D eigenvalue weighted by Crippen LogP contribution is -2.45. The summed E-state index contributed by atoms with van der Waals surface area (Å²) in [6.07, 6.45) is 1.14. The molecule has 0 amide bonds. The lowest BCUT2D eigenvalue weighted by molar-refractivity contribution is 0.132. The van der Waals surface area contributed by atoms with Crippen molar-refractivity contribution in [2.75, 3.05) is 7.05 Å². The number of nitrogens with zero attached hydrogens (tertiary/aromatic N) is 1. The van der Waals surface area contributed by atoms with Crippen molar-refractivity contribution >= 4 is 0 Å². The molecule has 12 heavy (non-hydrogen) atoms. The topological polar surface area (TPSA) is 3.24 Å². The van der Waals surface area contributed by atoms with E-state index >= 15 is 0 Å². The highest BCUT2D eigenvalue weighted by molar-refractivity contribution is 5.03. The maximum atomic E-state index is 4.02. The van der Waals surface area contributed by atoms with Gasteiger partial charge in [-0.25, -0.2) is 0 Å². The van der Waals surface area contributed by atoms with Gasteiger partial charge in [-0.3, -0.25) is 4.90 Å². The van der Waals surface area contributed by atoms with Crippen molar-refractivity contribution in [1.82, 2.24) is 4.90 Å². The van der Waals surface area contributed by atoms with Crippen molar-refractivity contribution in [2.24, 2.45) is 0 Å². The monoisotopic (exact) mass is 169 g/mol. The Kier molecular flexibility index (Phi) is 3.98. The summed E-state index contributed by atoms with van der Waals surface area (Å²) >= 11 is 0. The number of rotatable bonds is 3. The Morgan fingerprint density at radius 1 is 1.42 bits per heavy atom. The zero-order valence-electron chi connectivity index (χ0n) is 9.44. The Labute approximate surface area is 77.5 Å². The molecule has 0 rings (SSSR count). The van der Waals surface area contributed by atoms with Gasteiger partial charge in [-0.2, -0.15) is 0 Å². The second kappa shape index (κ2) is 4.08. The van der Waals surface area contributed by atoms with E-state index in [1.165, 1.54) is 5.57 Å². The van der Waals surface area contributed by atoms with E-state index in [0.717, 1.165) is 6.42 Å². The molecule has 1 unspecified atom stereocenters. The molecule has 0 aromatic carbocycles. The Morgan fingerprint density at radius 2 is 1.83 bits per heavy atom. The summed E-state index contributed by atoms with van der Waals surface area (Å²) < 4.78 is 0. The lowest BCUT2D eigenvalue weighted by Gasteiger charge is -2.38. The van der Waals surface area contributed by atoms with E-state index in [0.29, 0.717) is 6.04 Å². The first-order valence-electron chi connectivity index (χ1n) is 4.69. The average molecular weight is 169 g/mol. The molecule has 0 radical (unpaired) electrons. The zero-order valence-corrected chi connectivity index (χ0v) is 9.44. The minimum atomic E-state index is 0.236. The lowest BCUT2D eigenvalue weighted by atomic mass is 9.99. The van der Waals surface area contributed by atoms with Gasteiger partial charge < -0.3 is 0 Å². The summed E-state index contributed by atoms with van der Waals surface area (Å²) in [5.74, 6) is 0. The second-order valence-electron chi connectivity index (χ2n) is 4.55. The fourth-order valence-corrected chi connectivity index (χ4v) is 1.42. The smallest absolute Gasteiger partial charge is 0.0301 e. The molecule has 1 heteroatoms. The summed E-state index contributed by atoms with van der Waals surface area (Å²) in [6, 6.07) is 0.519. The molecule has 0 aliphatic carbocycles. The van der Waals surface area contributed by atoms with Crippen LogP contribution in [0.15, 0.2) is 12.2 Å². The van der Waals surface area contributed by atoms with Gasteiger partial charge >= 0.3 is 0 Å². The summed E-state index contributed by atoms with van der Waals surface area (Å²) in [7, 11) is 2.17. The normalized spacial score (nSPS) is 14.9. The quantitative estimate of drug-likeness (QED) is 0.587. The van der Waals surface area contributed by atoms with E-state index < -0.39 is 0 Å². The number of hydrogen-bond acceptors (Lipinski definition) is 1. The van der Waals surface area contributed by atoms with Crippen LogP contribution in [-0.2, 0) is 0 Å². The highest BCUT2D eigenvalue weighted by Crippen LogP contribution is 2.20. The summed E-state index contributed by atoms with van der Waals surface area (Å²) in [5, 5.41) is 0. The van der Waals surface area contributed by atoms with Crippen LogP contribution in [-0.4, -0.2) is 23.5 Å². The third-order valence-corrected chi connectivity index (χ3v) is 2.48. The molecule has 0 heterocycles. The van der Waals surface area contributed by atoms with Gasteiger partial charge in [-0.15, -0.1) is 0 Å².